The second-order valence-corrected chi connectivity index (χ2v) is 3.16. The molecule has 0 atom stereocenters. The summed E-state index contributed by atoms with van der Waals surface area (Å²) in [5, 5.41) is 0. The summed E-state index contributed by atoms with van der Waals surface area (Å²) in [4.78, 5) is 0. The Bertz CT molecular complexity index is 246. The Hall–Kier alpha value is -0.510. The lowest BCUT2D eigenvalue weighted by molar-refractivity contribution is -0.0883. The molecule has 0 bridgehead atoms. The summed E-state index contributed by atoms with van der Waals surface area (Å²) in [6.07, 6.45) is 0.825. The van der Waals surface area contributed by atoms with Gasteiger partial charge in [-0.2, -0.15) is 13.2 Å². The van der Waals surface area contributed by atoms with Crippen LogP contribution in [-0.2, 0) is 0 Å². The first-order valence-corrected chi connectivity index (χ1v) is 4.44. The van der Waals surface area contributed by atoms with Crippen molar-refractivity contribution in [3.8, 4) is 0 Å². The molecule has 0 aromatic rings. The third-order valence-corrected chi connectivity index (χ3v) is 2.06. The highest BCUT2D eigenvalue weighted by atomic mass is 79.9. The average Bonchev–Trinajstić information content (AvgIpc) is 2.02. The Kier molecular flexibility index (Phi) is 5.06. The molecule has 0 nitrogen and oxygen atoms in total. The molecule has 0 saturated heterocycles. The van der Waals surface area contributed by atoms with E-state index in [0.717, 1.165) is 12.2 Å². The Morgan fingerprint density at radius 3 is 1.92 bits per heavy atom. The van der Waals surface area contributed by atoms with Gasteiger partial charge < -0.3 is 0 Å². The molecule has 0 fully saturated rings. The molecule has 0 saturated carbocycles. The van der Waals surface area contributed by atoms with Crippen LogP contribution in [0.1, 0.15) is 13.8 Å². The zero-order chi connectivity index (χ0) is 10.5. The standard InChI is InChI=1S/C9H10BrF3/c1-3-7(9(11,12)13)5-6-8(10)4-2/h3-6H,1-2H3/b6-5-,7-3+,8-4+. The van der Waals surface area contributed by atoms with Gasteiger partial charge in [0.15, 0.2) is 0 Å². The van der Waals surface area contributed by atoms with E-state index >= 15 is 0 Å². The van der Waals surface area contributed by atoms with Crippen molar-refractivity contribution in [2.24, 2.45) is 0 Å². The molecular weight excluding hydrogens is 245 g/mol. The second-order valence-electron chi connectivity index (χ2n) is 2.25. The van der Waals surface area contributed by atoms with Gasteiger partial charge in [-0.3, -0.25) is 0 Å². The van der Waals surface area contributed by atoms with Crippen LogP contribution in [0.4, 0.5) is 13.2 Å². The van der Waals surface area contributed by atoms with E-state index in [1.54, 1.807) is 13.0 Å². The first kappa shape index (κ1) is 12.5. The van der Waals surface area contributed by atoms with Crippen molar-refractivity contribution in [1.29, 1.82) is 0 Å². The molecule has 0 aliphatic rings. The highest BCUT2D eigenvalue weighted by Crippen LogP contribution is 2.26. The third kappa shape index (κ3) is 4.93. The molecule has 74 valence electrons. The lowest BCUT2D eigenvalue weighted by atomic mass is 10.2. The van der Waals surface area contributed by atoms with Gasteiger partial charge in [0, 0.05) is 4.48 Å². The molecule has 0 unspecified atom stereocenters. The first-order valence-electron chi connectivity index (χ1n) is 3.65. The average molecular weight is 255 g/mol. The molecule has 0 N–H and O–H groups in total. The monoisotopic (exact) mass is 254 g/mol. The van der Waals surface area contributed by atoms with Gasteiger partial charge in [-0.1, -0.05) is 28.1 Å². The molecule has 0 spiro atoms. The molecule has 0 rings (SSSR count). The predicted octanol–water partition coefficient (Wildman–Crippen LogP) is 4.35. The molecule has 0 radical (unpaired) electrons. The van der Waals surface area contributed by atoms with Gasteiger partial charge >= 0.3 is 6.18 Å². The molecule has 0 aliphatic heterocycles. The Balaban J connectivity index is 4.60. The van der Waals surface area contributed by atoms with Crippen molar-refractivity contribution in [3.05, 3.63) is 34.4 Å². The van der Waals surface area contributed by atoms with Crippen molar-refractivity contribution in [1.82, 2.24) is 0 Å². The SMILES string of the molecule is C\C=C(Br)/C=C\C(=C/C)C(F)(F)F. The van der Waals surface area contributed by atoms with E-state index in [1.807, 2.05) is 0 Å². The van der Waals surface area contributed by atoms with Gasteiger partial charge in [-0.05, 0) is 26.0 Å². The van der Waals surface area contributed by atoms with Gasteiger partial charge in [-0.25, -0.2) is 0 Å². The Morgan fingerprint density at radius 1 is 1.08 bits per heavy atom. The third-order valence-electron chi connectivity index (χ3n) is 1.34. The van der Waals surface area contributed by atoms with Crippen molar-refractivity contribution in [2.75, 3.05) is 0 Å². The molecule has 0 heterocycles. The fraction of sp³-hybridized carbons (Fsp3) is 0.333. The van der Waals surface area contributed by atoms with E-state index in [2.05, 4.69) is 15.9 Å². The van der Waals surface area contributed by atoms with E-state index in [4.69, 9.17) is 0 Å². The minimum absolute atomic E-state index is 0.621. The van der Waals surface area contributed by atoms with Crippen LogP contribution in [0.15, 0.2) is 34.4 Å². The van der Waals surface area contributed by atoms with Crippen molar-refractivity contribution in [2.45, 2.75) is 20.0 Å². The fourth-order valence-electron chi connectivity index (χ4n) is 0.620. The summed E-state index contributed by atoms with van der Waals surface area (Å²) in [5.74, 6) is 0. The van der Waals surface area contributed by atoms with Crippen LogP contribution >= 0.6 is 15.9 Å². The second kappa shape index (κ2) is 5.27. The van der Waals surface area contributed by atoms with Crippen LogP contribution in [0.3, 0.4) is 0 Å². The van der Waals surface area contributed by atoms with E-state index in [-0.39, 0.29) is 0 Å². The molecule has 13 heavy (non-hydrogen) atoms. The minimum Gasteiger partial charge on any atom is -0.166 e. The van der Waals surface area contributed by atoms with E-state index in [0.29, 0.717) is 4.48 Å². The summed E-state index contributed by atoms with van der Waals surface area (Å²) < 4.78 is 37.0. The van der Waals surface area contributed by atoms with Crippen LogP contribution in [0.5, 0.6) is 0 Å². The van der Waals surface area contributed by atoms with E-state index in [9.17, 15) is 13.2 Å². The maximum atomic E-state index is 12.1. The highest BCUT2D eigenvalue weighted by molar-refractivity contribution is 9.11. The lowest BCUT2D eigenvalue weighted by Gasteiger charge is -2.05. The normalized spacial score (nSPS) is 15.5. The smallest absolute Gasteiger partial charge is 0.166 e. The summed E-state index contributed by atoms with van der Waals surface area (Å²) >= 11 is 3.08. The molecule has 0 aromatic heterocycles. The summed E-state index contributed by atoms with van der Waals surface area (Å²) in [6.45, 7) is 3.09. The molecule has 0 aromatic carbocycles. The van der Waals surface area contributed by atoms with Crippen LogP contribution in [0, 0.1) is 0 Å². The molecule has 0 aliphatic carbocycles. The number of hydrogen-bond donors (Lipinski definition) is 0. The topological polar surface area (TPSA) is 0 Å². The highest BCUT2D eigenvalue weighted by Gasteiger charge is 2.30. The summed E-state index contributed by atoms with van der Waals surface area (Å²) in [6, 6.07) is 0. The van der Waals surface area contributed by atoms with Crippen LogP contribution in [0.25, 0.3) is 0 Å². The maximum absolute atomic E-state index is 12.1. The van der Waals surface area contributed by atoms with Gasteiger partial charge in [0.05, 0.1) is 5.57 Å². The van der Waals surface area contributed by atoms with Gasteiger partial charge in [0.25, 0.3) is 0 Å². The number of rotatable bonds is 2. The largest absolute Gasteiger partial charge is 0.416 e. The van der Waals surface area contributed by atoms with Crippen molar-refractivity contribution >= 4 is 15.9 Å². The van der Waals surface area contributed by atoms with Gasteiger partial charge in [0.1, 0.15) is 0 Å². The van der Waals surface area contributed by atoms with Crippen molar-refractivity contribution < 1.29 is 13.2 Å². The fourth-order valence-corrected chi connectivity index (χ4v) is 0.752. The number of alkyl halides is 3. The summed E-state index contributed by atoms with van der Waals surface area (Å²) in [7, 11) is 0. The zero-order valence-electron chi connectivity index (χ0n) is 7.32. The minimum atomic E-state index is -4.27. The van der Waals surface area contributed by atoms with E-state index in [1.165, 1.54) is 13.0 Å². The predicted molar refractivity (Wildman–Crippen MR) is 51.6 cm³/mol. The first-order chi connectivity index (χ1) is 5.91. The summed E-state index contributed by atoms with van der Waals surface area (Å²) in [5.41, 5.74) is -0.647. The Morgan fingerprint density at radius 2 is 1.62 bits per heavy atom. The van der Waals surface area contributed by atoms with Crippen molar-refractivity contribution in [3.63, 3.8) is 0 Å². The maximum Gasteiger partial charge on any atom is 0.416 e. The number of allylic oxidation sites excluding steroid dienone is 6. The number of hydrogen-bond acceptors (Lipinski definition) is 0. The van der Waals surface area contributed by atoms with E-state index < -0.39 is 11.7 Å². The van der Waals surface area contributed by atoms with Gasteiger partial charge in [-0.15, -0.1) is 0 Å². The molecular formula is C9H10BrF3. The van der Waals surface area contributed by atoms with Gasteiger partial charge in [0.2, 0.25) is 0 Å². The molecule has 0 amide bonds. The quantitative estimate of drug-likeness (QED) is 0.643. The van der Waals surface area contributed by atoms with Crippen LogP contribution in [-0.4, -0.2) is 6.18 Å². The van der Waals surface area contributed by atoms with Crippen LogP contribution < -0.4 is 0 Å². The zero-order valence-corrected chi connectivity index (χ0v) is 8.91. The Labute approximate surface area is 84.0 Å². The molecule has 4 heteroatoms. The number of halogens is 4. The lowest BCUT2D eigenvalue weighted by Crippen LogP contribution is -2.09. The van der Waals surface area contributed by atoms with Crippen LogP contribution in [0.2, 0.25) is 0 Å².